The lowest BCUT2D eigenvalue weighted by molar-refractivity contribution is 0.144. The van der Waals surface area contributed by atoms with Crippen LogP contribution in [-0.4, -0.2) is 45.6 Å². The van der Waals surface area contributed by atoms with Gasteiger partial charge in [0.05, 0.1) is 18.2 Å². The summed E-state index contributed by atoms with van der Waals surface area (Å²) in [5.41, 5.74) is 9.27. The van der Waals surface area contributed by atoms with Crippen molar-refractivity contribution in [2.45, 2.75) is 12.6 Å². The second-order valence-corrected chi connectivity index (χ2v) is 6.36. The molecule has 0 spiro atoms. The first-order chi connectivity index (χ1) is 12.7. The summed E-state index contributed by atoms with van der Waals surface area (Å²) in [6.07, 6.45) is 2.96. The van der Waals surface area contributed by atoms with Gasteiger partial charge in [0.2, 0.25) is 0 Å². The van der Waals surface area contributed by atoms with Crippen molar-refractivity contribution in [3.63, 3.8) is 0 Å². The Morgan fingerprint density at radius 2 is 1.81 bits per heavy atom. The molecule has 3 N–H and O–H groups in total. The summed E-state index contributed by atoms with van der Waals surface area (Å²) < 4.78 is 15.2. The molecule has 0 bridgehead atoms. The number of nitrogens with zero attached hydrogens (tertiary/aromatic N) is 4. The normalized spacial score (nSPS) is 16.6. The molecule has 0 amide bonds. The van der Waals surface area contributed by atoms with Gasteiger partial charge in [-0.1, -0.05) is 0 Å². The average molecular weight is 353 g/mol. The van der Waals surface area contributed by atoms with Gasteiger partial charge >= 0.3 is 0 Å². The highest BCUT2D eigenvalue weighted by Crippen LogP contribution is 2.40. The molecule has 0 saturated heterocycles. The van der Waals surface area contributed by atoms with Gasteiger partial charge in [-0.05, 0) is 42.0 Å². The van der Waals surface area contributed by atoms with Crippen molar-refractivity contribution >= 4 is 5.82 Å². The van der Waals surface area contributed by atoms with E-state index in [-0.39, 0.29) is 5.82 Å². The van der Waals surface area contributed by atoms with E-state index in [2.05, 4.69) is 9.88 Å². The van der Waals surface area contributed by atoms with E-state index in [0.717, 1.165) is 28.2 Å². The number of benzene rings is 1. The van der Waals surface area contributed by atoms with Crippen LogP contribution in [0, 0.1) is 5.82 Å². The van der Waals surface area contributed by atoms with Crippen molar-refractivity contribution < 1.29 is 9.50 Å². The minimum atomic E-state index is -0.514. The number of nitrogens with two attached hydrogens (primary N) is 1. The number of hydrogen-bond acceptors (Lipinski definition) is 5. The molecule has 0 radical (unpaired) electrons. The number of aliphatic hydroxyl groups is 1. The van der Waals surface area contributed by atoms with E-state index < -0.39 is 6.10 Å². The maximum absolute atomic E-state index is 13.4. The first kappa shape index (κ1) is 16.7. The van der Waals surface area contributed by atoms with E-state index in [1.165, 1.54) is 12.1 Å². The quantitative estimate of drug-likeness (QED) is 0.749. The molecule has 0 saturated carbocycles. The van der Waals surface area contributed by atoms with Gasteiger partial charge < -0.3 is 15.7 Å². The fourth-order valence-electron chi connectivity index (χ4n) is 3.45. The Bertz CT molecular complexity index is 894. The standard InChI is InChI=1S/C19H20FN5O/c20-15-3-1-14(2-4-15)18-17(13-5-8-22-9-6-13)19-24(10-7-21)11-16(26)12-25(19)23-18/h1-6,8-9,16,26H,7,10-12,21H2. The molecule has 3 aromatic rings. The van der Waals surface area contributed by atoms with E-state index in [1.54, 1.807) is 24.5 Å². The number of β-amino-alcohol motifs (C(OH)–C–C–N with tert-alkyl or cyclic N) is 1. The number of anilines is 1. The zero-order chi connectivity index (χ0) is 18.1. The first-order valence-corrected chi connectivity index (χ1v) is 8.57. The molecule has 3 heterocycles. The second kappa shape index (κ2) is 6.86. The molecule has 4 rings (SSSR count). The van der Waals surface area contributed by atoms with Gasteiger partial charge in [0.15, 0.2) is 0 Å². The Hall–Kier alpha value is -2.77. The number of fused-ring (bicyclic) bond motifs is 1. The van der Waals surface area contributed by atoms with Gasteiger partial charge in [-0.25, -0.2) is 9.07 Å². The third kappa shape index (κ3) is 2.95. The van der Waals surface area contributed by atoms with Gasteiger partial charge in [0.25, 0.3) is 0 Å². The molecule has 1 atom stereocenters. The van der Waals surface area contributed by atoms with Crippen molar-refractivity contribution in [2.75, 3.05) is 24.5 Å². The zero-order valence-electron chi connectivity index (χ0n) is 14.2. The van der Waals surface area contributed by atoms with E-state index in [4.69, 9.17) is 10.8 Å². The van der Waals surface area contributed by atoms with Crippen LogP contribution < -0.4 is 10.6 Å². The minimum Gasteiger partial charge on any atom is -0.389 e. The number of aliphatic hydroxyl groups excluding tert-OH is 1. The third-order valence-electron chi connectivity index (χ3n) is 4.53. The van der Waals surface area contributed by atoms with Crippen molar-refractivity contribution in [2.24, 2.45) is 5.73 Å². The Labute approximate surface area is 150 Å². The van der Waals surface area contributed by atoms with Gasteiger partial charge in [-0.2, -0.15) is 5.10 Å². The summed E-state index contributed by atoms with van der Waals surface area (Å²) in [6, 6.07) is 10.1. The largest absolute Gasteiger partial charge is 0.389 e. The first-order valence-electron chi connectivity index (χ1n) is 8.57. The molecule has 7 heteroatoms. The lowest BCUT2D eigenvalue weighted by Crippen LogP contribution is -2.43. The van der Waals surface area contributed by atoms with Gasteiger partial charge in [-0.3, -0.25) is 4.98 Å². The smallest absolute Gasteiger partial charge is 0.135 e. The molecule has 2 aromatic heterocycles. The Morgan fingerprint density at radius 3 is 2.50 bits per heavy atom. The summed E-state index contributed by atoms with van der Waals surface area (Å²) in [4.78, 5) is 6.16. The molecule has 134 valence electrons. The molecule has 1 aromatic carbocycles. The van der Waals surface area contributed by atoms with Crippen LogP contribution in [-0.2, 0) is 6.54 Å². The molecule has 1 aliphatic heterocycles. The lowest BCUT2D eigenvalue weighted by atomic mass is 10.0. The monoisotopic (exact) mass is 353 g/mol. The third-order valence-corrected chi connectivity index (χ3v) is 4.53. The summed E-state index contributed by atoms with van der Waals surface area (Å²) in [6.45, 7) is 2.00. The number of pyridine rings is 1. The van der Waals surface area contributed by atoms with E-state index >= 15 is 0 Å². The fraction of sp³-hybridized carbons (Fsp3) is 0.263. The number of aromatic nitrogens is 3. The lowest BCUT2D eigenvalue weighted by Gasteiger charge is -2.33. The highest BCUT2D eigenvalue weighted by atomic mass is 19.1. The van der Waals surface area contributed by atoms with Crippen LogP contribution >= 0.6 is 0 Å². The van der Waals surface area contributed by atoms with Crippen LogP contribution in [0.15, 0.2) is 48.8 Å². The van der Waals surface area contributed by atoms with Gasteiger partial charge in [0.1, 0.15) is 17.3 Å². The highest BCUT2D eigenvalue weighted by Gasteiger charge is 2.30. The molecule has 0 fully saturated rings. The Morgan fingerprint density at radius 1 is 1.08 bits per heavy atom. The molecule has 0 aliphatic carbocycles. The maximum atomic E-state index is 13.4. The van der Waals surface area contributed by atoms with Crippen LogP contribution in [0.25, 0.3) is 22.4 Å². The SMILES string of the molecule is NCCN1CC(O)Cn2nc(-c3ccc(F)cc3)c(-c3ccncc3)c21. The van der Waals surface area contributed by atoms with Crippen LogP contribution in [0.3, 0.4) is 0 Å². The van der Waals surface area contributed by atoms with Gasteiger partial charge in [-0.15, -0.1) is 0 Å². The number of hydrogen-bond donors (Lipinski definition) is 2. The topological polar surface area (TPSA) is 80.2 Å². The zero-order valence-corrected chi connectivity index (χ0v) is 14.2. The van der Waals surface area contributed by atoms with Crippen molar-refractivity contribution in [1.29, 1.82) is 0 Å². The molecule has 1 aliphatic rings. The summed E-state index contributed by atoms with van der Waals surface area (Å²) >= 11 is 0. The highest BCUT2D eigenvalue weighted by molar-refractivity contribution is 5.89. The van der Waals surface area contributed by atoms with Crippen molar-refractivity contribution in [3.05, 3.63) is 54.6 Å². The van der Waals surface area contributed by atoms with Crippen LogP contribution in [0.5, 0.6) is 0 Å². The Kier molecular flexibility index (Phi) is 4.40. The van der Waals surface area contributed by atoms with Crippen LogP contribution in [0.1, 0.15) is 0 Å². The predicted molar refractivity (Wildman–Crippen MR) is 98.1 cm³/mol. The minimum absolute atomic E-state index is 0.289. The van der Waals surface area contributed by atoms with E-state index in [1.807, 2.05) is 16.8 Å². The summed E-state index contributed by atoms with van der Waals surface area (Å²) in [5.74, 6) is 0.634. The molecule has 1 unspecified atom stereocenters. The molecule has 6 nitrogen and oxygen atoms in total. The summed E-state index contributed by atoms with van der Waals surface area (Å²) in [7, 11) is 0. The van der Waals surface area contributed by atoms with Crippen LogP contribution in [0.2, 0.25) is 0 Å². The van der Waals surface area contributed by atoms with Crippen LogP contribution in [0.4, 0.5) is 10.2 Å². The second-order valence-electron chi connectivity index (χ2n) is 6.36. The maximum Gasteiger partial charge on any atom is 0.135 e. The predicted octanol–water partition coefficient (Wildman–Crippen LogP) is 1.89. The van der Waals surface area contributed by atoms with Crippen molar-refractivity contribution in [1.82, 2.24) is 14.8 Å². The number of rotatable bonds is 4. The van der Waals surface area contributed by atoms with E-state index in [0.29, 0.717) is 26.2 Å². The van der Waals surface area contributed by atoms with E-state index in [9.17, 15) is 9.50 Å². The number of halogens is 1. The van der Waals surface area contributed by atoms with Gasteiger partial charge in [0, 0.05) is 37.6 Å². The molecule has 26 heavy (non-hydrogen) atoms. The molecular weight excluding hydrogens is 333 g/mol. The molecular formula is C19H20FN5O. The summed E-state index contributed by atoms with van der Waals surface area (Å²) in [5, 5.41) is 15.0. The average Bonchev–Trinajstić information content (AvgIpc) is 3.02. The van der Waals surface area contributed by atoms with Crippen molar-refractivity contribution in [3.8, 4) is 22.4 Å². The Balaban J connectivity index is 1.94. The fourth-order valence-corrected chi connectivity index (χ4v) is 3.45.